The summed E-state index contributed by atoms with van der Waals surface area (Å²) < 4.78 is 0. The van der Waals surface area contributed by atoms with Gasteiger partial charge in [0.1, 0.15) is 0 Å². The van der Waals surface area contributed by atoms with E-state index in [1.807, 2.05) is 0 Å². The first-order valence-corrected chi connectivity index (χ1v) is 3.92. The zero-order valence-electron chi connectivity index (χ0n) is 6.79. The van der Waals surface area contributed by atoms with Gasteiger partial charge in [-0.15, -0.1) is 0 Å². The largest absolute Gasteiger partial charge is 0.475 e. The van der Waals surface area contributed by atoms with Crippen molar-refractivity contribution in [1.82, 2.24) is 4.90 Å². The molecule has 0 aromatic heterocycles. The van der Waals surface area contributed by atoms with Crippen molar-refractivity contribution in [1.29, 1.82) is 5.41 Å². The Bertz CT molecular complexity index is 175. The molecule has 0 radical (unpaired) electrons. The number of amidine groups is 1. The highest BCUT2D eigenvalue weighted by molar-refractivity contribution is 6.32. The van der Waals surface area contributed by atoms with Crippen LogP contribution in [0.5, 0.6) is 0 Å². The molecule has 2 saturated heterocycles. The van der Waals surface area contributed by atoms with Crippen LogP contribution in [0.4, 0.5) is 0 Å². The molecule has 0 unspecified atom stereocenters. The molecule has 68 valence electrons. The first-order valence-electron chi connectivity index (χ1n) is 3.92. The number of carboxylic acids is 1. The van der Waals surface area contributed by atoms with Crippen LogP contribution in [0.1, 0.15) is 12.8 Å². The van der Waals surface area contributed by atoms with Crippen molar-refractivity contribution in [2.24, 2.45) is 5.73 Å². The van der Waals surface area contributed by atoms with E-state index in [9.17, 15) is 4.79 Å². The summed E-state index contributed by atoms with van der Waals surface area (Å²) in [7, 11) is 0. The first-order chi connectivity index (χ1) is 5.61. The number of nitrogens with zero attached hydrogens (tertiary/aromatic N) is 1. The fourth-order valence-electron chi connectivity index (χ4n) is 1.24. The molecule has 0 spiro atoms. The Morgan fingerprint density at radius 3 is 1.83 bits per heavy atom. The SMILES string of the molecule is C1CN2CCC12.N=C(N)C(=O)O. The van der Waals surface area contributed by atoms with Gasteiger partial charge in [-0.3, -0.25) is 5.41 Å². The summed E-state index contributed by atoms with van der Waals surface area (Å²) in [5.74, 6) is -2.20. The number of nitrogens with one attached hydrogen (secondary N) is 1. The predicted octanol–water partition coefficient (Wildman–Crippen LogP) is -0.529. The van der Waals surface area contributed by atoms with Crippen molar-refractivity contribution in [3.05, 3.63) is 0 Å². The number of piperidine rings is 1. The monoisotopic (exact) mass is 171 g/mol. The van der Waals surface area contributed by atoms with E-state index in [4.69, 9.17) is 10.5 Å². The van der Waals surface area contributed by atoms with Gasteiger partial charge in [0.15, 0.2) is 0 Å². The summed E-state index contributed by atoms with van der Waals surface area (Å²) in [4.78, 5) is 11.9. The molecule has 0 amide bonds. The Kier molecular flexibility index (Phi) is 2.65. The van der Waals surface area contributed by atoms with Gasteiger partial charge in [0, 0.05) is 6.04 Å². The molecule has 0 bridgehead atoms. The van der Waals surface area contributed by atoms with E-state index in [0.717, 1.165) is 6.04 Å². The standard InChI is InChI=1S/C5H9N.C2H4N2O2/c1-3-6-4-2-5(1)6;3-1(4)2(5)6/h5H,1-4H2;(H3,3,4)(H,5,6). The highest BCUT2D eigenvalue weighted by atomic mass is 16.4. The van der Waals surface area contributed by atoms with Crippen molar-refractivity contribution in [3.8, 4) is 0 Å². The van der Waals surface area contributed by atoms with Crippen LogP contribution >= 0.6 is 0 Å². The fourth-order valence-corrected chi connectivity index (χ4v) is 1.24. The second-order valence-electron chi connectivity index (χ2n) is 2.99. The summed E-state index contributed by atoms with van der Waals surface area (Å²) in [6.45, 7) is 2.79. The molecule has 4 N–H and O–H groups in total. The maximum Gasteiger partial charge on any atom is 0.370 e. The lowest BCUT2D eigenvalue weighted by Gasteiger charge is -2.50. The summed E-state index contributed by atoms with van der Waals surface area (Å²) in [6, 6.07) is 1.05. The normalized spacial score (nSPS) is 20.7. The molecule has 5 nitrogen and oxygen atoms in total. The third-order valence-electron chi connectivity index (χ3n) is 2.25. The van der Waals surface area contributed by atoms with Gasteiger partial charge in [-0.05, 0) is 25.9 Å². The van der Waals surface area contributed by atoms with E-state index in [0.29, 0.717) is 0 Å². The maximum atomic E-state index is 9.35. The average Bonchev–Trinajstić information content (AvgIpc) is 1.97. The summed E-state index contributed by atoms with van der Waals surface area (Å²) in [5, 5.41) is 13.8. The van der Waals surface area contributed by atoms with Crippen LogP contribution in [0.3, 0.4) is 0 Å². The van der Waals surface area contributed by atoms with E-state index in [-0.39, 0.29) is 0 Å². The Labute approximate surface area is 70.7 Å². The van der Waals surface area contributed by atoms with Gasteiger partial charge in [-0.25, -0.2) is 4.79 Å². The first kappa shape index (κ1) is 8.99. The van der Waals surface area contributed by atoms with Gasteiger partial charge in [-0.2, -0.15) is 0 Å². The summed E-state index contributed by atoms with van der Waals surface area (Å²) in [6.07, 6.45) is 2.97. The number of hydrogen-bond acceptors (Lipinski definition) is 3. The van der Waals surface area contributed by atoms with Crippen LogP contribution in [0.2, 0.25) is 0 Å². The topological polar surface area (TPSA) is 90.4 Å². The van der Waals surface area contributed by atoms with Crippen LogP contribution in [0.15, 0.2) is 0 Å². The second kappa shape index (κ2) is 3.53. The van der Waals surface area contributed by atoms with E-state index >= 15 is 0 Å². The third-order valence-corrected chi connectivity index (χ3v) is 2.25. The molecule has 0 atom stereocenters. The molecule has 0 saturated carbocycles. The Hall–Kier alpha value is -1.10. The van der Waals surface area contributed by atoms with E-state index < -0.39 is 11.8 Å². The number of nitrogens with two attached hydrogens (primary N) is 1. The van der Waals surface area contributed by atoms with E-state index in [2.05, 4.69) is 10.6 Å². The number of hydrogen-bond donors (Lipinski definition) is 3. The average molecular weight is 171 g/mol. The molecule has 2 aliphatic rings. The Morgan fingerprint density at radius 2 is 1.83 bits per heavy atom. The highest BCUT2D eigenvalue weighted by Gasteiger charge is 2.34. The van der Waals surface area contributed by atoms with Crippen LogP contribution in [-0.4, -0.2) is 40.9 Å². The molecule has 0 aromatic carbocycles. The lowest BCUT2D eigenvalue weighted by atomic mass is 9.91. The van der Waals surface area contributed by atoms with E-state index in [1.54, 1.807) is 0 Å². The smallest absolute Gasteiger partial charge is 0.370 e. The Balaban J connectivity index is 0.000000120. The van der Waals surface area contributed by atoms with Gasteiger partial charge in [0.25, 0.3) is 0 Å². The fraction of sp³-hybridized carbons (Fsp3) is 0.714. The van der Waals surface area contributed by atoms with Gasteiger partial charge in [-0.1, -0.05) is 0 Å². The minimum Gasteiger partial charge on any atom is -0.475 e. The molecule has 0 aromatic rings. The second-order valence-corrected chi connectivity index (χ2v) is 2.99. The lowest BCUT2D eigenvalue weighted by molar-refractivity contribution is -0.129. The molecular weight excluding hydrogens is 158 g/mol. The third kappa shape index (κ3) is 1.94. The number of carbonyl (C=O) groups is 1. The predicted molar refractivity (Wildman–Crippen MR) is 44.1 cm³/mol. The van der Waals surface area contributed by atoms with Crippen molar-refractivity contribution >= 4 is 11.8 Å². The zero-order chi connectivity index (χ0) is 9.14. The molecule has 12 heavy (non-hydrogen) atoms. The van der Waals surface area contributed by atoms with Crippen molar-refractivity contribution < 1.29 is 9.90 Å². The number of rotatable bonds is 0. The van der Waals surface area contributed by atoms with Crippen LogP contribution in [-0.2, 0) is 4.79 Å². The molecule has 2 rings (SSSR count). The maximum absolute atomic E-state index is 9.35. The highest BCUT2D eigenvalue weighted by Crippen LogP contribution is 2.28. The number of carboxylic acid groups (broad SMARTS) is 1. The quantitative estimate of drug-likeness (QED) is 0.337. The molecule has 2 heterocycles. The van der Waals surface area contributed by atoms with Gasteiger partial charge >= 0.3 is 5.97 Å². The van der Waals surface area contributed by atoms with Crippen molar-refractivity contribution in [3.63, 3.8) is 0 Å². The summed E-state index contributed by atoms with van der Waals surface area (Å²) >= 11 is 0. The molecular formula is C7H13N3O2. The van der Waals surface area contributed by atoms with Crippen LogP contribution in [0.25, 0.3) is 0 Å². The molecule has 5 heteroatoms. The molecule has 2 fully saturated rings. The minimum absolute atomic E-state index is 0.824. The Morgan fingerprint density at radius 1 is 1.50 bits per heavy atom. The van der Waals surface area contributed by atoms with Gasteiger partial charge in [0.2, 0.25) is 5.84 Å². The van der Waals surface area contributed by atoms with Gasteiger partial charge in [0.05, 0.1) is 0 Å². The zero-order valence-corrected chi connectivity index (χ0v) is 6.79. The summed E-state index contributed by atoms with van der Waals surface area (Å²) in [5.41, 5.74) is 4.42. The number of aliphatic carboxylic acids is 1. The van der Waals surface area contributed by atoms with Crippen molar-refractivity contribution in [2.75, 3.05) is 13.1 Å². The van der Waals surface area contributed by atoms with Crippen LogP contribution in [0, 0.1) is 5.41 Å². The molecule has 0 aliphatic carbocycles. The van der Waals surface area contributed by atoms with E-state index in [1.165, 1.54) is 25.9 Å². The van der Waals surface area contributed by atoms with Crippen LogP contribution < -0.4 is 5.73 Å². The minimum atomic E-state index is -1.38. The molecule has 2 aliphatic heterocycles. The van der Waals surface area contributed by atoms with Gasteiger partial charge < -0.3 is 15.7 Å². The lowest BCUT2D eigenvalue weighted by Crippen LogP contribution is -2.57. The van der Waals surface area contributed by atoms with Crippen molar-refractivity contribution in [2.45, 2.75) is 18.9 Å². The number of fused-ring (bicyclic) bond motifs is 1.